The second-order valence-electron chi connectivity index (χ2n) is 5.36. The van der Waals surface area contributed by atoms with Crippen LogP contribution in [-0.2, 0) is 14.2 Å². The Balaban J connectivity index is 1.74. The van der Waals surface area contributed by atoms with Crippen molar-refractivity contribution in [2.45, 2.75) is 0 Å². The molecule has 0 atom stereocenters. The number of ether oxygens (including phenoxy) is 3. The summed E-state index contributed by atoms with van der Waals surface area (Å²) in [6.07, 6.45) is 0. The third-order valence-electron chi connectivity index (χ3n) is 3.49. The number of carbonyl (C=O) groups is 2. The highest BCUT2D eigenvalue weighted by Gasteiger charge is 2.11. The third-order valence-corrected chi connectivity index (χ3v) is 3.49. The molecule has 138 valence electrons. The van der Waals surface area contributed by atoms with Crippen LogP contribution in [0.25, 0.3) is 0 Å². The molecule has 0 amide bonds. The van der Waals surface area contributed by atoms with E-state index in [4.69, 9.17) is 19.3 Å². The quantitative estimate of drug-likeness (QED) is 0.376. The molecule has 2 aromatic rings. The van der Waals surface area contributed by atoms with E-state index in [1.807, 2.05) is 6.07 Å². The van der Waals surface area contributed by atoms with Crippen molar-refractivity contribution in [3.05, 3.63) is 71.3 Å². The Morgan fingerprint density at radius 2 is 1.23 bits per heavy atom. The smallest absolute Gasteiger partial charge is 0.338 e. The Morgan fingerprint density at radius 1 is 0.692 bits per heavy atom. The van der Waals surface area contributed by atoms with Crippen LogP contribution in [0.5, 0.6) is 0 Å². The van der Waals surface area contributed by atoms with Crippen molar-refractivity contribution >= 4 is 11.8 Å². The summed E-state index contributed by atoms with van der Waals surface area (Å²) in [5, 5.41) is 8.54. The minimum absolute atomic E-state index is 0.0205. The molecule has 0 aliphatic rings. The van der Waals surface area contributed by atoms with Gasteiger partial charge in [-0.25, -0.2) is 4.79 Å². The molecule has 0 spiro atoms. The van der Waals surface area contributed by atoms with Crippen LogP contribution in [0.1, 0.15) is 26.3 Å². The molecule has 2 aromatic carbocycles. The lowest BCUT2D eigenvalue weighted by Gasteiger charge is -2.07. The SMILES string of the molecule is O=C(OCCOCCOCCO)c1ccc(C(=O)c2ccccc2)cc1. The normalized spacial score (nSPS) is 10.5. The molecule has 0 fully saturated rings. The highest BCUT2D eigenvalue weighted by molar-refractivity contribution is 6.09. The van der Waals surface area contributed by atoms with Crippen LogP contribution in [0, 0.1) is 0 Å². The summed E-state index contributed by atoms with van der Waals surface area (Å²) in [5.41, 5.74) is 1.49. The Labute approximate surface area is 152 Å². The van der Waals surface area contributed by atoms with E-state index in [2.05, 4.69) is 0 Å². The van der Waals surface area contributed by atoms with E-state index in [9.17, 15) is 9.59 Å². The fraction of sp³-hybridized carbons (Fsp3) is 0.300. The van der Waals surface area contributed by atoms with Gasteiger partial charge < -0.3 is 19.3 Å². The maximum Gasteiger partial charge on any atom is 0.338 e. The Hall–Kier alpha value is -2.54. The summed E-state index contributed by atoms with van der Waals surface area (Å²) in [5.74, 6) is -0.564. The predicted octanol–water partition coefficient (Wildman–Crippen LogP) is 2.10. The van der Waals surface area contributed by atoms with Gasteiger partial charge in [-0.15, -0.1) is 0 Å². The molecule has 0 aliphatic carbocycles. The van der Waals surface area contributed by atoms with E-state index >= 15 is 0 Å². The van der Waals surface area contributed by atoms with E-state index in [-0.39, 0.29) is 32.2 Å². The van der Waals surface area contributed by atoms with E-state index < -0.39 is 5.97 Å². The van der Waals surface area contributed by atoms with Crippen molar-refractivity contribution in [2.75, 3.05) is 39.6 Å². The Morgan fingerprint density at radius 3 is 1.88 bits per heavy atom. The van der Waals surface area contributed by atoms with Crippen LogP contribution in [-0.4, -0.2) is 56.5 Å². The van der Waals surface area contributed by atoms with Gasteiger partial charge >= 0.3 is 5.97 Å². The van der Waals surface area contributed by atoms with Crippen molar-refractivity contribution in [3.63, 3.8) is 0 Å². The monoisotopic (exact) mass is 358 g/mol. The summed E-state index contributed by atoms with van der Waals surface area (Å²) in [4.78, 5) is 24.3. The van der Waals surface area contributed by atoms with Gasteiger partial charge in [0, 0.05) is 11.1 Å². The van der Waals surface area contributed by atoms with Gasteiger partial charge in [-0.05, 0) is 12.1 Å². The molecule has 26 heavy (non-hydrogen) atoms. The molecule has 6 nitrogen and oxygen atoms in total. The first kappa shape index (κ1) is 19.8. The molecule has 0 radical (unpaired) electrons. The number of benzene rings is 2. The summed E-state index contributed by atoms with van der Waals surface area (Å²) >= 11 is 0. The number of rotatable bonds is 11. The van der Waals surface area contributed by atoms with Crippen molar-refractivity contribution in [1.82, 2.24) is 0 Å². The molecule has 0 bridgehead atoms. The van der Waals surface area contributed by atoms with Crippen molar-refractivity contribution in [2.24, 2.45) is 0 Å². The standard InChI is InChI=1S/C20H22O6/c21-10-11-24-12-13-25-14-15-26-20(23)18-8-6-17(7-9-18)19(22)16-4-2-1-3-5-16/h1-9,21H,10-15H2. The summed E-state index contributed by atoms with van der Waals surface area (Å²) in [7, 11) is 0. The van der Waals surface area contributed by atoms with Gasteiger partial charge in [-0.1, -0.05) is 42.5 Å². The molecule has 2 rings (SSSR count). The van der Waals surface area contributed by atoms with E-state index in [1.54, 1.807) is 48.5 Å². The second-order valence-corrected chi connectivity index (χ2v) is 5.36. The molecule has 0 heterocycles. The summed E-state index contributed by atoms with van der Waals surface area (Å²) in [6, 6.07) is 15.3. The van der Waals surface area contributed by atoms with Crippen LogP contribution < -0.4 is 0 Å². The Kier molecular flexibility index (Phi) is 8.48. The minimum Gasteiger partial charge on any atom is -0.460 e. The number of carbonyl (C=O) groups excluding carboxylic acids is 2. The molecule has 0 aliphatic heterocycles. The number of hydrogen-bond acceptors (Lipinski definition) is 6. The number of aliphatic hydroxyl groups is 1. The second kappa shape index (κ2) is 11.1. The molecular weight excluding hydrogens is 336 g/mol. The highest BCUT2D eigenvalue weighted by Crippen LogP contribution is 2.11. The van der Waals surface area contributed by atoms with Gasteiger partial charge in [-0.2, -0.15) is 0 Å². The molecule has 0 unspecified atom stereocenters. The first-order chi connectivity index (χ1) is 12.7. The summed E-state index contributed by atoms with van der Waals surface area (Å²) < 4.78 is 15.4. The van der Waals surface area contributed by atoms with Gasteiger partial charge in [-0.3, -0.25) is 4.79 Å². The number of hydrogen-bond donors (Lipinski definition) is 1. The van der Waals surface area contributed by atoms with Crippen LogP contribution >= 0.6 is 0 Å². The molecule has 0 saturated heterocycles. The van der Waals surface area contributed by atoms with Gasteiger partial charge in [0.15, 0.2) is 5.78 Å². The number of esters is 1. The van der Waals surface area contributed by atoms with Gasteiger partial charge in [0.25, 0.3) is 0 Å². The average Bonchev–Trinajstić information content (AvgIpc) is 2.70. The fourth-order valence-electron chi connectivity index (χ4n) is 2.18. The van der Waals surface area contributed by atoms with E-state index in [0.29, 0.717) is 29.9 Å². The molecule has 0 aromatic heterocycles. The average molecular weight is 358 g/mol. The van der Waals surface area contributed by atoms with Crippen molar-refractivity contribution in [1.29, 1.82) is 0 Å². The van der Waals surface area contributed by atoms with Gasteiger partial charge in [0.05, 0.1) is 38.6 Å². The van der Waals surface area contributed by atoms with E-state index in [1.165, 1.54) is 0 Å². The lowest BCUT2D eigenvalue weighted by molar-refractivity contribution is 0.00919. The van der Waals surface area contributed by atoms with Gasteiger partial charge in [0.2, 0.25) is 0 Å². The van der Waals surface area contributed by atoms with Crippen molar-refractivity contribution in [3.8, 4) is 0 Å². The zero-order valence-corrected chi connectivity index (χ0v) is 14.4. The lowest BCUT2D eigenvalue weighted by atomic mass is 10.0. The Bertz CT molecular complexity index is 681. The van der Waals surface area contributed by atoms with Gasteiger partial charge in [0.1, 0.15) is 6.61 Å². The number of ketones is 1. The van der Waals surface area contributed by atoms with Crippen LogP contribution in [0.3, 0.4) is 0 Å². The molecule has 0 saturated carbocycles. The largest absolute Gasteiger partial charge is 0.460 e. The topological polar surface area (TPSA) is 82.1 Å². The molecular formula is C20H22O6. The van der Waals surface area contributed by atoms with Crippen LogP contribution in [0.4, 0.5) is 0 Å². The van der Waals surface area contributed by atoms with Crippen molar-refractivity contribution < 1.29 is 28.9 Å². The lowest BCUT2D eigenvalue weighted by Crippen LogP contribution is -2.13. The van der Waals surface area contributed by atoms with Crippen LogP contribution in [0.2, 0.25) is 0 Å². The highest BCUT2D eigenvalue weighted by atomic mass is 16.6. The summed E-state index contributed by atoms with van der Waals surface area (Å²) in [6.45, 7) is 1.40. The predicted molar refractivity (Wildman–Crippen MR) is 95.3 cm³/mol. The zero-order valence-electron chi connectivity index (χ0n) is 14.4. The third kappa shape index (κ3) is 6.40. The first-order valence-electron chi connectivity index (χ1n) is 8.35. The molecule has 6 heteroatoms. The first-order valence-corrected chi connectivity index (χ1v) is 8.35. The zero-order chi connectivity index (χ0) is 18.6. The minimum atomic E-state index is -0.469. The van der Waals surface area contributed by atoms with E-state index in [0.717, 1.165) is 0 Å². The number of aliphatic hydroxyl groups excluding tert-OH is 1. The fourth-order valence-corrected chi connectivity index (χ4v) is 2.18. The molecule has 1 N–H and O–H groups in total. The maximum atomic E-state index is 12.3. The van der Waals surface area contributed by atoms with Crippen LogP contribution in [0.15, 0.2) is 54.6 Å². The maximum absolute atomic E-state index is 12.3.